The van der Waals surface area contributed by atoms with E-state index in [-0.39, 0.29) is 0 Å². The average molecular weight is 859 g/mol. The highest BCUT2D eigenvalue weighted by Gasteiger charge is 2.41. The highest BCUT2D eigenvalue weighted by Crippen LogP contribution is 2.42. The predicted octanol–water partition coefficient (Wildman–Crippen LogP) is 12.6. The summed E-state index contributed by atoms with van der Waals surface area (Å²) in [5.74, 6) is 0. The Morgan fingerprint density at radius 3 is 1.18 bits per heavy atom. The normalized spacial score (nSPS) is 11.6. The highest BCUT2D eigenvalue weighted by molar-refractivity contribution is 7.20. The van der Waals surface area contributed by atoms with Crippen molar-refractivity contribution >= 4 is 89.5 Å². The molecule has 10 aromatic carbocycles. The first-order valence-corrected chi connectivity index (χ1v) is 24.4. The Kier molecular flexibility index (Phi) is 9.52. The summed E-state index contributed by atoms with van der Waals surface area (Å²) >= 11 is 0. The van der Waals surface area contributed by atoms with Crippen molar-refractivity contribution in [1.82, 2.24) is 9.13 Å². The van der Waals surface area contributed by atoms with E-state index in [0.29, 0.717) is 5.56 Å². The molecule has 310 valence electrons. The molecule has 0 spiro atoms. The minimum atomic E-state index is -2.84. The molecule has 0 bridgehead atoms. The van der Waals surface area contributed by atoms with E-state index in [0.717, 1.165) is 55.9 Å². The Balaban J connectivity index is 1.13. The second-order valence-corrected chi connectivity index (χ2v) is 20.6. The Bertz CT molecular complexity index is 3650. The summed E-state index contributed by atoms with van der Waals surface area (Å²) < 4.78 is 4.76. The number of nitrogens with zero attached hydrogens (tertiary/aromatic N) is 4. The molecule has 66 heavy (non-hydrogen) atoms. The zero-order valence-corrected chi connectivity index (χ0v) is 37.0. The van der Waals surface area contributed by atoms with E-state index in [1.54, 1.807) is 0 Å². The van der Waals surface area contributed by atoms with Crippen molar-refractivity contribution in [2.45, 2.75) is 0 Å². The summed E-state index contributed by atoms with van der Waals surface area (Å²) in [4.78, 5) is 2.33. The van der Waals surface area contributed by atoms with Crippen LogP contribution in [0.2, 0.25) is 0 Å². The van der Waals surface area contributed by atoms with Crippen LogP contribution in [-0.2, 0) is 0 Å². The second kappa shape index (κ2) is 16.1. The second-order valence-electron chi connectivity index (χ2n) is 16.8. The molecule has 0 aliphatic rings. The molecule has 0 N–H and O–H groups in total. The molecule has 0 fully saturated rings. The van der Waals surface area contributed by atoms with Crippen molar-refractivity contribution < 1.29 is 0 Å². The molecule has 0 aliphatic heterocycles. The van der Waals surface area contributed by atoms with Crippen molar-refractivity contribution in [3.8, 4) is 17.4 Å². The molecule has 12 rings (SSSR count). The molecule has 0 saturated heterocycles. The highest BCUT2D eigenvalue weighted by atomic mass is 28.3. The van der Waals surface area contributed by atoms with Crippen molar-refractivity contribution in [3.63, 3.8) is 0 Å². The lowest BCUT2D eigenvalue weighted by molar-refractivity contribution is 1.18. The first-order valence-electron chi connectivity index (χ1n) is 22.4. The van der Waals surface area contributed by atoms with Gasteiger partial charge in [0.05, 0.1) is 33.7 Å². The molecule has 0 saturated carbocycles. The number of hydrogen-bond acceptors (Lipinski definition) is 2. The molecular weight excluding hydrogens is 817 g/mol. The van der Waals surface area contributed by atoms with E-state index < -0.39 is 8.07 Å². The average Bonchev–Trinajstić information content (AvgIpc) is 3.90. The lowest BCUT2D eigenvalue weighted by Crippen LogP contribution is -2.74. The van der Waals surface area contributed by atoms with E-state index in [2.05, 4.69) is 263 Å². The summed E-state index contributed by atoms with van der Waals surface area (Å²) in [6.07, 6.45) is 0. The number of nitriles is 1. The standard InChI is InChI=1S/C61H42N4Si/c62-43-44-30-32-47(33-31-44)63(48-34-37-59-55(40-48)54-28-16-17-29-58(54)64(59)45-18-6-1-7-19-45)49-35-38-60-56(41-49)57-42-53(36-39-61(57)65(60)46-20-8-2-9-21-46)66(50-22-10-3-11-23-50,51-24-12-4-13-25-51)52-26-14-5-15-27-52/h1-42H. The Labute approximate surface area is 384 Å². The van der Waals surface area contributed by atoms with Gasteiger partial charge in [-0.05, 0) is 118 Å². The molecule has 0 radical (unpaired) electrons. The molecular formula is C61H42N4Si. The maximum absolute atomic E-state index is 9.86. The molecule has 2 aromatic heterocycles. The Morgan fingerprint density at radius 2 is 0.697 bits per heavy atom. The van der Waals surface area contributed by atoms with Crippen LogP contribution < -0.4 is 25.6 Å². The minimum absolute atomic E-state index is 0.622. The number of hydrogen-bond donors (Lipinski definition) is 0. The van der Waals surface area contributed by atoms with E-state index >= 15 is 0 Å². The maximum atomic E-state index is 9.86. The first-order chi connectivity index (χ1) is 32.7. The fourth-order valence-electron chi connectivity index (χ4n) is 10.4. The van der Waals surface area contributed by atoms with Gasteiger partial charge in [-0.2, -0.15) is 5.26 Å². The van der Waals surface area contributed by atoms with E-state index in [1.807, 2.05) is 12.1 Å². The van der Waals surface area contributed by atoms with Gasteiger partial charge in [-0.25, -0.2) is 0 Å². The topological polar surface area (TPSA) is 36.9 Å². The molecule has 2 heterocycles. The third-order valence-electron chi connectivity index (χ3n) is 13.3. The summed E-state index contributed by atoms with van der Waals surface area (Å²) in [6.45, 7) is 0. The van der Waals surface area contributed by atoms with Crippen LogP contribution in [0.4, 0.5) is 17.1 Å². The van der Waals surface area contributed by atoms with Gasteiger partial charge in [-0.15, -0.1) is 0 Å². The van der Waals surface area contributed by atoms with Gasteiger partial charge in [0, 0.05) is 50.0 Å². The Hall–Kier alpha value is -8.69. The zero-order chi connectivity index (χ0) is 44.0. The third kappa shape index (κ3) is 6.27. The quantitative estimate of drug-likeness (QED) is 0.107. The monoisotopic (exact) mass is 858 g/mol. The Morgan fingerprint density at radius 1 is 0.318 bits per heavy atom. The number of rotatable bonds is 9. The number of anilines is 3. The van der Waals surface area contributed by atoms with Crippen LogP contribution in [0.25, 0.3) is 55.0 Å². The maximum Gasteiger partial charge on any atom is 0.179 e. The predicted molar refractivity (Wildman–Crippen MR) is 278 cm³/mol. The minimum Gasteiger partial charge on any atom is -0.310 e. The summed E-state index contributed by atoms with van der Waals surface area (Å²) in [6, 6.07) is 94.6. The summed E-state index contributed by atoms with van der Waals surface area (Å²) in [5.41, 5.74) is 10.5. The number of benzene rings is 10. The van der Waals surface area contributed by atoms with Gasteiger partial charge >= 0.3 is 0 Å². The van der Waals surface area contributed by atoms with Gasteiger partial charge in [0.15, 0.2) is 8.07 Å². The van der Waals surface area contributed by atoms with Crippen molar-refractivity contribution in [3.05, 3.63) is 260 Å². The molecule has 4 nitrogen and oxygen atoms in total. The van der Waals surface area contributed by atoms with E-state index in [9.17, 15) is 5.26 Å². The van der Waals surface area contributed by atoms with Crippen LogP contribution in [0.1, 0.15) is 5.56 Å². The van der Waals surface area contributed by atoms with Crippen molar-refractivity contribution in [2.24, 2.45) is 0 Å². The van der Waals surface area contributed by atoms with Crippen LogP contribution in [0, 0.1) is 11.3 Å². The molecule has 5 heteroatoms. The smallest absolute Gasteiger partial charge is 0.179 e. The number of aromatic nitrogens is 2. The molecule has 0 aliphatic carbocycles. The van der Waals surface area contributed by atoms with Gasteiger partial charge in [0.1, 0.15) is 0 Å². The van der Waals surface area contributed by atoms with Gasteiger partial charge < -0.3 is 14.0 Å². The summed E-state index contributed by atoms with van der Waals surface area (Å²) in [5, 5.41) is 19.9. The lowest BCUT2D eigenvalue weighted by atomic mass is 10.1. The van der Waals surface area contributed by atoms with Crippen LogP contribution in [0.5, 0.6) is 0 Å². The number of fused-ring (bicyclic) bond motifs is 6. The lowest BCUT2D eigenvalue weighted by Gasteiger charge is -2.34. The van der Waals surface area contributed by atoms with Gasteiger partial charge in [0.25, 0.3) is 0 Å². The molecule has 0 unspecified atom stereocenters. The van der Waals surface area contributed by atoms with Crippen LogP contribution in [0.3, 0.4) is 0 Å². The summed E-state index contributed by atoms with van der Waals surface area (Å²) in [7, 11) is -2.84. The van der Waals surface area contributed by atoms with Crippen LogP contribution in [0.15, 0.2) is 255 Å². The fourth-order valence-corrected chi connectivity index (χ4v) is 15.2. The molecule has 0 atom stereocenters. The first kappa shape index (κ1) is 38.9. The third-order valence-corrected chi connectivity index (χ3v) is 18.0. The SMILES string of the molecule is N#Cc1ccc(N(c2ccc3c(c2)c2ccccc2n3-c2ccccc2)c2ccc3c(c2)c2cc([Si](c4ccccc4)(c4ccccc4)c4ccccc4)ccc2n3-c2ccccc2)cc1. The van der Waals surface area contributed by atoms with Crippen LogP contribution >= 0.6 is 0 Å². The van der Waals surface area contributed by atoms with Crippen molar-refractivity contribution in [2.75, 3.05) is 4.90 Å². The number of para-hydroxylation sites is 3. The largest absolute Gasteiger partial charge is 0.310 e. The van der Waals surface area contributed by atoms with Gasteiger partial charge in [-0.1, -0.05) is 158 Å². The molecule has 0 amide bonds. The van der Waals surface area contributed by atoms with Crippen LogP contribution in [-0.4, -0.2) is 17.2 Å². The fraction of sp³-hybridized carbons (Fsp3) is 0. The van der Waals surface area contributed by atoms with E-state index in [1.165, 1.54) is 36.9 Å². The zero-order valence-electron chi connectivity index (χ0n) is 36.0. The molecule has 12 aromatic rings. The van der Waals surface area contributed by atoms with Crippen molar-refractivity contribution in [1.29, 1.82) is 5.26 Å². The van der Waals surface area contributed by atoms with Gasteiger partial charge in [-0.3, -0.25) is 0 Å². The van der Waals surface area contributed by atoms with E-state index in [4.69, 9.17) is 0 Å². The van der Waals surface area contributed by atoms with Gasteiger partial charge in [0.2, 0.25) is 0 Å².